The molecule has 0 aliphatic heterocycles. The highest BCUT2D eigenvalue weighted by atomic mass is 32.2. The summed E-state index contributed by atoms with van der Waals surface area (Å²) in [6.45, 7) is 3.47. The SMILES string of the molecule is Cc1ccc(NC(=O)Oc2ccccc2)cc1NC(=O)Nc1cccc(OS(=O)(=O)c2ccccc2S(=O)(=O)Oc2cccc(NC(=O)Nc3cc(NC(=O)Oc4ccccc4)ccc3C)c2)c1. The van der Waals surface area contributed by atoms with E-state index < -0.39 is 54.3 Å². The molecule has 0 heterocycles. The zero-order valence-electron chi connectivity index (χ0n) is 35.9. The second-order valence-electron chi connectivity index (χ2n) is 14.5. The Labute approximate surface area is 390 Å². The van der Waals surface area contributed by atoms with Gasteiger partial charge in [0.2, 0.25) is 0 Å². The van der Waals surface area contributed by atoms with E-state index in [0.717, 1.165) is 12.1 Å². The molecular formula is C48H40N6O12S2. The molecule has 0 saturated heterocycles. The van der Waals surface area contributed by atoms with Crippen molar-refractivity contribution in [3.63, 3.8) is 0 Å². The van der Waals surface area contributed by atoms with Crippen molar-refractivity contribution < 1.29 is 53.9 Å². The Morgan fingerprint density at radius 2 is 0.721 bits per heavy atom. The number of carbonyl (C=O) groups excluding carboxylic acids is 4. The van der Waals surface area contributed by atoms with Gasteiger partial charge in [-0.15, -0.1) is 0 Å². The number of anilines is 6. The predicted molar refractivity (Wildman–Crippen MR) is 255 cm³/mol. The number of urea groups is 2. The Morgan fingerprint density at radius 3 is 1.12 bits per heavy atom. The van der Waals surface area contributed by atoms with E-state index in [9.17, 15) is 36.0 Å². The van der Waals surface area contributed by atoms with Gasteiger partial charge in [-0.3, -0.25) is 10.6 Å². The molecule has 7 aromatic rings. The van der Waals surface area contributed by atoms with Gasteiger partial charge in [-0.1, -0.05) is 72.8 Å². The zero-order chi connectivity index (χ0) is 48.3. The van der Waals surface area contributed by atoms with Crippen LogP contribution in [0.2, 0.25) is 0 Å². The normalized spacial score (nSPS) is 11.0. The van der Waals surface area contributed by atoms with Gasteiger partial charge in [-0.05, 0) is 110 Å². The molecule has 68 heavy (non-hydrogen) atoms. The van der Waals surface area contributed by atoms with E-state index in [1.54, 1.807) is 98.8 Å². The van der Waals surface area contributed by atoms with E-state index in [1.165, 1.54) is 72.8 Å². The first kappa shape index (κ1) is 47.1. The molecule has 0 radical (unpaired) electrons. The average molecular weight is 957 g/mol. The maximum Gasteiger partial charge on any atom is 0.417 e. The van der Waals surface area contributed by atoms with E-state index >= 15 is 0 Å². The van der Waals surface area contributed by atoms with Crippen LogP contribution in [-0.4, -0.2) is 41.1 Å². The molecule has 7 aromatic carbocycles. The quantitative estimate of drug-likeness (QED) is 0.0558. The van der Waals surface area contributed by atoms with Gasteiger partial charge in [-0.2, -0.15) is 16.8 Å². The third-order valence-electron chi connectivity index (χ3n) is 9.36. The third kappa shape index (κ3) is 12.9. The Bertz CT molecular complexity index is 3020. The standard InChI is InChI=1S/C48H40N6O12S2/c1-31-23-25-35(51-47(57)63-37-15-5-3-6-16-37)29-41(31)53-45(55)49-33-13-11-19-39(27-33)65-67(59,60)43-21-9-10-22-44(43)68(61,62)66-40-20-12-14-34(28-40)50-46(56)54-42-30-36(26-24-32(42)2)52-48(58)64-38-17-7-4-8-18-38/h3-30H,1-2H3,(H,51,57)(H,52,58)(H2,49,53,55)(H2,50,54,56). The first-order chi connectivity index (χ1) is 32.6. The minimum Gasteiger partial charge on any atom is -0.410 e. The molecule has 0 aromatic heterocycles. The van der Waals surface area contributed by atoms with Crippen LogP contribution in [0.5, 0.6) is 23.0 Å². The van der Waals surface area contributed by atoms with Gasteiger partial charge in [-0.25, -0.2) is 19.2 Å². The number of ether oxygens (including phenoxy) is 2. The highest BCUT2D eigenvalue weighted by Crippen LogP contribution is 2.30. The molecule has 20 heteroatoms. The fraction of sp³-hybridized carbons (Fsp3) is 0.0417. The minimum absolute atomic E-state index is 0.113. The van der Waals surface area contributed by atoms with Crippen LogP contribution in [-0.2, 0) is 20.2 Å². The van der Waals surface area contributed by atoms with Gasteiger partial charge in [0.05, 0.1) is 0 Å². The summed E-state index contributed by atoms with van der Waals surface area (Å²) in [7, 11) is -9.73. The number of carbonyl (C=O) groups is 4. The van der Waals surface area contributed by atoms with Crippen LogP contribution in [0.25, 0.3) is 0 Å². The molecule has 0 bridgehead atoms. The molecule has 0 spiro atoms. The third-order valence-corrected chi connectivity index (χ3v) is 12.1. The molecule has 6 amide bonds. The second-order valence-corrected chi connectivity index (χ2v) is 17.5. The average Bonchev–Trinajstić information content (AvgIpc) is 3.29. The van der Waals surface area contributed by atoms with Gasteiger partial charge < -0.3 is 39.1 Å². The molecule has 0 aliphatic carbocycles. The van der Waals surface area contributed by atoms with Crippen molar-refractivity contribution in [2.45, 2.75) is 23.6 Å². The summed E-state index contributed by atoms with van der Waals surface area (Å²) >= 11 is 0. The summed E-state index contributed by atoms with van der Waals surface area (Å²) in [6.07, 6.45) is -1.49. The van der Waals surface area contributed by atoms with Crippen LogP contribution in [0, 0.1) is 13.8 Å². The zero-order valence-corrected chi connectivity index (χ0v) is 37.5. The Balaban J connectivity index is 0.966. The number of amides is 6. The smallest absolute Gasteiger partial charge is 0.410 e. The van der Waals surface area contributed by atoms with Crippen molar-refractivity contribution in [3.8, 4) is 23.0 Å². The van der Waals surface area contributed by atoms with Gasteiger partial charge in [0.25, 0.3) is 0 Å². The van der Waals surface area contributed by atoms with E-state index in [2.05, 4.69) is 31.9 Å². The Morgan fingerprint density at radius 1 is 0.368 bits per heavy atom. The number of benzene rings is 7. The van der Waals surface area contributed by atoms with Gasteiger partial charge in [0.1, 0.15) is 32.8 Å². The van der Waals surface area contributed by atoms with Gasteiger partial charge in [0.15, 0.2) is 0 Å². The molecular weight excluding hydrogens is 917 g/mol. The molecule has 346 valence electrons. The van der Waals surface area contributed by atoms with Gasteiger partial charge >= 0.3 is 44.5 Å². The fourth-order valence-corrected chi connectivity index (χ4v) is 8.80. The van der Waals surface area contributed by atoms with Crippen molar-refractivity contribution in [2.24, 2.45) is 0 Å². The summed E-state index contributed by atoms with van der Waals surface area (Å²) < 4.78 is 75.9. The summed E-state index contributed by atoms with van der Waals surface area (Å²) in [5, 5.41) is 15.7. The van der Waals surface area contributed by atoms with Crippen LogP contribution >= 0.6 is 0 Å². The highest BCUT2D eigenvalue weighted by Gasteiger charge is 2.30. The van der Waals surface area contributed by atoms with E-state index in [1.807, 2.05) is 0 Å². The fourth-order valence-electron chi connectivity index (χ4n) is 6.17. The topological polar surface area (TPSA) is 246 Å². The monoisotopic (exact) mass is 956 g/mol. The van der Waals surface area contributed by atoms with Crippen molar-refractivity contribution in [3.05, 3.63) is 181 Å². The first-order valence-corrected chi connectivity index (χ1v) is 23.0. The lowest BCUT2D eigenvalue weighted by Gasteiger charge is -2.15. The van der Waals surface area contributed by atoms with Crippen molar-refractivity contribution >= 4 is 78.6 Å². The maximum absolute atomic E-state index is 13.7. The Hall–Kier alpha value is -8.88. The summed E-state index contributed by atoms with van der Waals surface area (Å²) in [6, 6.07) is 40.5. The largest absolute Gasteiger partial charge is 0.417 e. The van der Waals surface area contributed by atoms with Gasteiger partial charge in [0, 0.05) is 46.3 Å². The molecule has 0 aliphatic rings. The summed E-state index contributed by atoms with van der Waals surface area (Å²) in [5.41, 5.74) is 2.89. The number of nitrogens with one attached hydrogen (secondary N) is 6. The molecule has 7 rings (SSSR count). The van der Waals surface area contributed by atoms with E-state index in [-0.39, 0.29) is 22.9 Å². The minimum atomic E-state index is -4.86. The van der Waals surface area contributed by atoms with Crippen molar-refractivity contribution in [2.75, 3.05) is 31.9 Å². The molecule has 0 fully saturated rings. The number of hydrogen-bond donors (Lipinski definition) is 6. The first-order valence-electron chi connectivity index (χ1n) is 20.2. The molecule has 0 unspecified atom stereocenters. The lowest BCUT2D eigenvalue weighted by atomic mass is 10.2. The maximum atomic E-state index is 13.7. The number of hydrogen-bond acceptors (Lipinski definition) is 12. The lowest BCUT2D eigenvalue weighted by Crippen LogP contribution is -2.21. The number of para-hydroxylation sites is 2. The van der Waals surface area contributed by atoms with E-state index in [0.29, 0.717) is 45.4 Å². The highest BCUT2D eigenvalue weighted by molar-refractivity contribution is 7.90. The lowest BCUT2D eigenvalue weighted by molar-refractivity contribution is 0.214. The van der Waals surface area contributed by atoms with Crippen LogP contribution in [0.3, 0.4) is 0 Å². The van der Waals surface area contributed by atoms with Crippen molar-refractivity contribution in [1.29, 1.82) is 0 Å². The van der Waals surface area contributed by atoms with Crippen LogP contribution < -0.4 is 49.7 Å². The summed E-state index contributed by atoms with van der Waals surface area (Å²) in [4.78, 5) is 49.4. The number of rotatable bonds is 14. The summed E-state index contributed by atoms with van der Waals surface area (Å²) in [5.74, 6) is 0.143. The Kier molecular flexibility index (Phi) is 14.5. The number of aryl methyl sites for hydroxylation is 2. The van der Waals surface area contributed by atoms with Crippen LogP contribution in [0.1, 0.15) is 11.1 Å². The van der Waals surface area contributed by atoms with Crippen LogP contribution in [0.15, 0.2) is 180 Å². The van der Waals surface area contributed by atoms with Crippen molar-refractivity contribution in [1.82, 2.24) is 0 Å². The van der Waals surface area contributed by atoms with Crippen LogP contribution in [0.4, 0.5) is 53.3 Å². The van der Waals surface area contributed by atoms with E-state index in [4.69, 9.17) is 17.8 Å². The molecule has 0 saturated carbocycles. The second kappa shape index (κ2) is 21.0. The molecule has 6 N–H and O–H groups in total. The predicted octanol–water partition coefficient (Wildman–Crippen LogP) is 10.3. The molecule has 18 nitrogen and oxygen atoms in total. The molecule has 0 atom stereocenters.